The monoisotopic (exact) mass is 433 g/mol. The van der Waals surface area contributed by atoms with Gasteiger partial charge < -0.3 is 15.0 Å². The highest BCUT2D eigenvalue weighted by Gasteiger charge is 2.16. The number of nitrogens with one attached hydrogen (secondary N) is 2. The average Bonchev–Trinajstić information content (AvgIpc) is 3.15. The first kappa shape index (κ1) is 21.6. The lowest BCUT2D eigenvalue weighted by Gasteiger charge is -2.20. The van der Waals surface area contributed by atoms with E-state index in [1.54, 1.807) is 30.5 Å². The molecule has 0 bridgehead atoms. The van der Waals surface area contributed by atoms with Crippen LogP contribution in [0.3, 0.4) is 0 Å². The van der Waals surface area contributed by atoms with Gasteiger partial charge in [-0.05, 0) is 80.5 Å². The summed E-state index contributed by atoms with van der Waals surface area (Å²) in [6.07, 6.45) is 6.26. The Morgan fingerprint density at radius 1 is 1.09 bits per heavy atom. The van der Waals surface area contributed by atoms with Crippen molar-refractivity contribution in [3.63, 3.8) is 0 Å². The summed E-state index contributed by atoms with van der Waals surface area (Å²) in [6, 6.07) is 12.7. The molecule has 1 atom stereocenters. The van der Waals surface area contributed by atoms with Crippen molar-refractivity contribution in [2.45, 2.75) is 45.6 Å². The number of benzene rings is 2. The van der Waals surface area contributed by atoms with Crippen LogP contribution in [0.15, 0.2) is 53.5 Å². The summed E-state index contributed by atoms with van der Waals surface area (Å²) < 4.78 is 6.67. The van der Waals surface area contributed by atoms with Crippen LogP contribution in [0.1, 0.15) is 58.5 Å². The van der Waals surface area contributed by atoms with Crippen molar-refractivity contribution in [1.29, 1.82) is 0 Å². The Hall–Kier alpha value is -3.61. The molecule has 2 N–H and O–H groups in total. The van der Waals surface area contributed by atoms with E-state index < -0.39 is 5.97 Å². The molecule has 0 aliphatic heterocycles. The Balaban J connectivity index is 1.32. The van der Waals surface area contributed by atoms with E-state index in [0.717, 1.165) is 24.1 Å². The van der Waals surface area contributed by atoms with Gasteiger partial charge in [0.2, 0.25) is 0 Å². The van der Waals surface area contributed by atoms with Gasteiger partial charge in [0, 0.05) is 11.9 Å². The molecule has 7 nitrogen and oxygen atoms in total. The van der Waals surface area contributed by atoms with E-state index in [4.69, 9.17) is 4.74 Å². The number of amides is 1. The number of carbonyl (C=O) groups excluding carboxylic acids is 2. The molecular formula is C25H27N3O4. The van der Waals surface area contributed by atoms with Gasteiger partial charge in [0.25, 0.3) is 5.91 Å². The minimum Gasteiger partial charge on any atom is -0.452 e. The summed E-state index contributed by atoms with van der Waals surface area (Å²) in [5, 5.41) is 2.89. The summed E-state index contributed by atoms with van der Waals surface area (Å²) in [5.74, 6) is -0.944. The normalized spacial score (nSPS) is 13.8. The van der Waals surface area contributed by atoms with Crippen LogP contribution in [0.2, 0.25) is 0 Å². The van der Waals surface area contributed by atoms with Crippen LogP contribution >= 0.6 is 0 Å². The van der Waals surface area contributed by atoms with Crippen LogP contribution in [-0.2, 0) is 22.4 Å². The number of nitrogens with zero attached hydrogens (tertiary/aromatic N) is 1. The molecule has 1 aliphatic rings. The quantitative estimate of drug-likeness (QED) is 0.583. The van der Waals surface area contributed by atoms with Crippen LogP contribution < -0.4 is 11.0 Å². The van der Waals surface area contributed by atoms with Gasteiger partial charge in [-0.1, -0.05) is 18.2 Å². The third-order valence-electron chi connectivity index (χ3n) is 5.91. The van der Waals surface area contributed by atoms with E-state index in [9.17, 15) is 14.4 Å². The lowest BCUT2D eigenvalue weighted by atomic mass is 9.89. The van der Waals surface area contributed by atoms with Crippen LogP contribution in [0, 0.1) is 6.92 Å². The number of esters is 1. The molecule has 0 unspecified atom stereocenters. The van der Waals surface area contributed by atoms with Crippen molar-refractivity contribution in [1.82, 2.24) is 14.9 Å². The van der Waals surface area contributed by atoms with E-state index in [2.05, 4.69) is 28.5 Å². The molecule has 166 valence electrons. The number of fused-ring (bicyclic) bond motifs is 1. The predicted octanol–water partition coefficient (Wildman–Crippen LogP) is 3.39. The van der Waals surface area contributed by atoms with Gasteiger partial charge in [-0.3, -0.25) is 9.36 Å². The fourth-order valence-corrected chi connectivity index (χ4v) is 4.13. The summed E-state index contributed by atoms with van der Waals surface area (Å²) in [6.45, 7) is 3.38. The zero-order valence-electron chi connectivity index (χ0n) is 18.3. The van der Waals surface area contributed by atoms with Crippen LogP contribution in [0.4, 0.5) is 0 Å². The molecule has 0 spiro atoms. The van der Waals surface area contributed by atoms with E-state index in [-0.39, 0.29) is 24.2 Å². The minimum absolute atomic E-state index is 0.171. The number of carbonyl (C=O) groups is 2. The summed E-state index contributed by atoms with van der Waals surface area (Å²) >= 11 is 0. The maximum atomic E-state index is 12.3. The summed E-state index contributed by atoms with van der Waals surface area (Å²) in [5.41, 5.74) is 5.28. The van der Waals surface area contributed by atoms with Crippen LogP contribution in [0.5, 0.6) is 0 Å². The summed E-state index contributed by atoms with van der Waals surface area (Å²) in [7, 11) is 0. The third-order valence-corrected chi connectivity index (χ3v) is 5.91. The van der Waals surface area contributed by atoms with Gasteiger partial charge in [-0.25, -0.2) is 9.59 Å². The average molecular weight is 434 g/mol. The van der Waals surface area contributed by atoms with Gasteiger partial charge >= 0.3 is 11.7 Å². The topological polar surface area (TPSA) is 93.2 Å². The highest BCUT2D eigenvalue weighted by atomic mass is 16.5. The molecule has 0 saturated heterocycles. The molecule has 0 saturated carbocycles. The number of hydrogen-bond acceptors (Lipinski definition) is 4. The Labute approximate surface area is 186 Å². The molecule has 7 heteroatoms. The van der Waals surface area contributed by atoms with Gasteiger partial charge in [-0.2, -0.15) is 0 Å². The largest absolute Gasteiger partial charge is 0.452 e. The van der Waals surface area contributed by atoms with Gasteiger partial charge in [0.15, 0.2) is 6.61 Å². The van der Waals surface area contributed by atoms with E-state index in [0.29, 0.717) is 11.3 Å². The molecular weight excluding hydrogens is 406 g/mol. The number of imidazole rings is 1. The maximum Gasteiger partial charge on any atom is 0.338 e. The number of H-pyrrole nitrogens is 1. The standard InChI is InChI=1S/C25H27N3O4/c1-16-14-26-25(31)28(16)22-11-9-19(10-12-22)24(30)32-15-23(29)27-17(2)20-8-7-18-5-3-4-6-21(18)13-20/h7-14,17H,3-6,15H2,1-2H3,(H,26,31)(H,27,29)/t17-/m1/s1. The van der Waals surface area contributed by atoms with Crippen molar-refractivity contribution in [2.75, 3.05) is 6.61 Å². The van der Waals surface area contributed by atoms with Crippen LogP contribution in [0.25, 0.3) is 5.69 Å². The Bertz CT molecular complexity index is 1190. The highest BCUT2D eigenvalue weighted by molar-refractivity contribution is 5.91. The first-order valence-electron chi connectivity index (χ1n) is 10.9. The minimum atomic E-state index is -0.591. The van der Waals surface area contributed by atoms with Crippen molar-refractivity contribution in [3.8, 4) is 5.69 Å². The molecule has 1 amide bonds. The second-order valence-electron chi connectivity index (χ2n) is 8.22. The number of aromatic nitrogens is 2. The van der Waals surface area contributed by atoms with Crippen molar-refractivity contribution in [2.24, 2.45) is 0 Å². The second-order valence-corrected chi connectivity index (χ2v) is 8.22. The first-order chi connectivity index (χ1) is 15.4. The zero-order valence-corrected chi connectivity index (χ0v) is 18.3. The lowest BCUT2D eigenvalue weighted by Crippen LogP contribution is -2.31. The number of rotatable bonds is 6. The Kier molecular flexibility index (Phi) is 6.25. The van der Waals surface area contributed by atoms with E-state index in [1.807, 2.05) is 13.8 Å². The molecule has 1 aromatic heterocycles. The smallest absolute Gasteiger partial charge is 0.338 e. The fourth-order valence-electron chi connectivity index (χ4n) is 4.13. The molecule has 0 radical (unpaired) electrons. The molecule has 1 heterocycles. The number of ether oxygens (including phenoxy) is 1. The van der Waals surface area contributed by atoms with Gasteiger partial charge in [0.1, 0.15) is 0 Å². The number of hydrogen-bond donors (Lipinski definition) is 2. The Morgan fingerprint density at radius 3 is 2.50 bits per heavy atom. The SMILES string of the molecule is Cc1c[nH]c(=O)n1-c1ccc(C(=O)OCC(=O)N[C@H](C)c2ccc3c(c2)CCCC3)cc1. The number of aromatic amines is 1. The zero-order chi connectivity index (χ0) is 22.7. The van der Waals surface area contributed by atoms with Crippen molar-refractivity contribution >= 4 is 11.9 Å². The molecule has 1 aliphatic carbocycles. The number of aryl methyl sites for hydroxylation is 3. The van der Waals surface area contributed by atoms with Gasteiger partial charge in [0.05, 0.1) is 17.3 Å². The lowest BCUT2D eigenvalue weighted by molar-refractivity contribution is -0.124. The molecule has 0 fully saturated rings. The fraction of sp³-hybridized carbons (Fsp3) is 0.320. The maximum absolute atomic E-state index is 12.3. The molecule has 3 aromatic rings. The second kappa shape index (κ2) is 9.26. The first-order valence-corrected chi connectivity index (χ1v) is 10.9. The van der Waals surface area contributed by atoms with Crippen molar-refractivity contribution < 1.29 is 14.3 Å². The molecule has 32 heavy (non-hydrogen) atoms. The highest BCUT2D eigenvalue weighted by Crippen LogP contribution is 2.24. The van der Waals surface area contributed by atoms with E-state index >= 15 is 0 Å². The van der Waals surface area contributed by atoms with E-state index in [1.165, 1.54) is 28.5 Å². The van der Waals surface area contributed by atoms with Gasteiger partial charge in [-0.15, -0.1) is 0 Å². The summed E-state index contributed by atoms with van der Waals surface area (Å²) in [4.78, 5) is 39.1. The predicted molar refractivity (Wildman–Crippen MR) is 121 cm³/mol. The molecule has 4 rings (SSSR count). The van der Waals surface area contributed by atoms with Crippen LogP contribution in [-0.4, -0.2) is 28.0 Å². The molecule has 2 aromatic carbocycles. The third kappa shape index (κ3) is 4.66. The van der Waals surface area contributed by atoms with Crippen molar-refractivity contribution in [3.05, 3.63) is 87.1 Å². The Morgan fingerprint density at radius 2 is 1.81 bits per heavy atom.